The molecule has 3 aromatic heterocycles. The summed E-state index contributed by atoms with van der Waals surface area (Å²) >= 11 is 19.0. The van der Waals surface area contributed by atoms with Gasteiger partial charge in [-0.05, 0) is 106 Å². The first-order chi connectivity index (χ1) is 24.8. The van der Waals surface area contributed by atoms with Crippen LogP contribution in [-0.4, -0.2) is 29.3 Å². The molecule has 3 heterocycles. The molecule has 0 amide bonds. The molecule has 0 aliphatic heterocycles. The molecule has 0 fully saturated rings. The molecule has 6 nitrogen and oxygen atoms in total. The molecule has 0 unspecified atom stereocenters. The van der Waals surface area contributed by atoms with Gasteiger partial charge in [0.2, 0.25) is 0 Å². The molecule has 0 radical (unpaired) electrons. The molecule has 0 saturated carbocycles. The number of benzene rings is 4. The van der Waals surface area contributed by atoms with Gasteiger partial charge in [0.1, 0.15) is 0 Å². The summed E-state index contributed by atoms with van der Waals surface area (Å²) in [5.41, 5.74) is 14.3. The first kappa shape index (κ1) is 34.8. The Morgan fingerprint density at radius 1 is 0.412 bits per heavy atom. The molecule has 0 spiro atoms. The summed E-state index contributed by atoms with van der Waals surface area (Å²) < 4.78 is 6.16. The molecule has 9 heteroatoms. The van der Waals surface area contributed by atoms with Gasteiger partial charge in [-0.3, -0.25) is 14.0 Å². The lowest BCUT2D eigenvalue weighted by molar-refractivity contribution is 0.637. The Morgan fingerprint density at radius 3 is 0.961 bits per heavy atom. The van der Waals surface area contributed by atoms with E-state index in [4.69, 9.17) is 50.1 Å². The van der Waals surface area contributed by atoms with E-state index in [1.807, 2.05) is 73.2 Å². The molecule has 0 aliphatic rings. The molecule has 0 aliphatic carbocycles. The zero-order chi connectivity index (χ0) is 35.5. The topological polar surface area (TPSA) is 53.5 Å². The van der Waals surface area contributed by atoms with Crippen molar-refractivity contribution in [3.63, 3.8) is 0 Å². The SMILES string of the molecule is CCc1c(Cn2cc(-c3cccc(Cl)c3)cn2)c(CC)c(Cn2cc(-c3cccc(Cl)c3)cn2)c(CC)c1Cn1cc(-c2cccc(Cl)c2)cn1. The number of aromatic nitrogens is 6. The fourth-order valence-electron chi connectivity index (χ4n) is 7.23. The highest BCUT2D eigenvalue weighted by atomic mass is 35.5. The van der Waals surface area contributed by atoms with Gasteiger partial charge in [-0.1, -0.05) is 92.0 Å². The summed E-state index contributed by atoms with van der Waals surface area (Å²) in [5, 5.41) is 16.7. The summed E-state index contributed by atoms with van der Waals surface area (Å²) in [6, 6.07) is 23.7. The van der Waals surface area contributed by atoms with Crippen molar-refractivity contribution >= 4 is 34.8 Å². The second kappa shape index (κ2) is 15.3. The average molecular weight is 734 g/mol. The number of halogens is 3. The Morgan fingerprint density at radius 2 is 0.706 bits per heavy atom. The Bertz CT molecular complexity index is 2040. The Labute approximate surface area is 314 Å². The van der Waals surface area contributed by atoms with Crippen molar-refractivity contribution in [1.82, 2.24) is 29.3 Å². The number of hydrogen-bond acceptors (Lipinski definition) is 3. The maximum absolute atomic E-state index is 6.34. The molecule has 7 aromatic rings. The molecule has 0 atom stereocenters. The number of hydrogen-bond donors (Lipinski definition) is 0. The number of rotatable bonds is 12. The Kier molecular flexibility index (Phi) is 10.5. The highest BCUT2D eigenvalue weighted by molar-refractivity contribution is 6.31. The van der Waals surface area contributed by atoms with Gasteiger partial charge >= 0.3 is 0 Å². The second-order valence-corrected chi connectivity index (χ2v) is 14.1. The van der Waals surface area contributed by atoms with Crippen LogP contribution in [0.15, 0.2) is 110 Å². The van der Waals surface area contributed by atoms with Crippen molar-refractivity contribution in [1.29, 1.82) is 0 Å². The molecular formula is C42H39Cl3N6. The van der Waals surface area contributed by atoms with Crippen LogP contribution in [0.5, 0.6) is 0 Å². The zero-order valence-electron chi connectivity index (χ0n) is 29.0. The van der Waals surface area contributed by atoms with E-state index in [1.54, 1.807) is 0 Å². The van der Waals surface area contributed by atoms with E-state index in [2.05, 4.69) is 71.6 Å². The van der Waals surface area contributed by atoms with E-state index in [1.165, 1.54) is 33.4 Å². The minimum atomic E-state index is 0.649. The van der Waals surface area contributed by atoms with Crippen LogP contribution in [0.2, 0.25) is 15.1 Å². The minimum Gasteiger partial charge on any atom is -0.268 e. The maximum atomic E-state index is 6.34. The summed E-state index contributed by atoms with van der Waals surface area (Å²) in [5.74, 6) is 0. The van der Waals surface area contributed by atoms with Gasteiger partial charge in [-0.25, -0.2) is 0 Å². The minimum absolute atomic E-state index is 0.649. The van der Waals surface area contributed by atoms with Crippen LogP contribution in [0.1, 0.15) is 54.2 Å². The van der Waals surface area contributed by atoms with Gasteiger partial charge in [-0.2, -0.15) is 15.3 Å². The van der Waals surface area contributed by atoms with Crippen LogP contribution in [0, 0.1) is 0 Å². The lowest BCUT2D eigenvalue weighted by atomic mass is 9.83. The van der Waals surface area contributed by atoms with Crippen molar-refractivity contribution in [3.05, 3.63) is 158 Å². The van der Waals surface area contributed by atoms with Gasteiger partial charge in [0.05, 0.1) is 38.2 Å². The second-order valence-electron chi connectivity index (χ2n) is 12.7. The highest BCUT2D eigenvalue weighted by Crippen LogP contribution is 2.34. The molecule has 0 N–H and O–H groups in total. The van der Waals surface area contributed by atoms with E-state index in [-0.39, 0.29) is 0 Å². The van der Waals surface area contributed by atoms with Crippen LogP contribution in [-0.2, 0) is 38.9 Å². The van der Waals surface area contributed by atoms with Crippen LogP contribution >= 0.6 is 34.8 Å². The van der Waals surface area contributed by atoms with Crippen LogP contribution in [0.3, 0.4) is 0 Å². The Hall–Kier alpha value is -4.62. The van der Waals surface area contributed by atoms with Gasteiger partial charge in [0.15, 0.2) is 0 Å². The fourth-order valence-corrected chi connectivity index (χ4v) is 7.80. The first-order valence-electron chi connectivity index (χ1n) is 17.4. The molecule has 0 saturated heterocycles. The smallest absolute Gasteiger partial charge is 0.0665 e. The van der Waals surface area contributed by atoms with E-state index in [9.17, 15) is 0 Å². The molecular weight excluding hydrogens is 695 g/mol. The number of nitrogens with zero attached hydrogens (tertiary/aromatic N) is 6. The van der Waals surface area contributed by atoms with Crippen molar-refractivity contribution in [2.45, 2.75) is 59.7 Å². The van der Waals surface area contributed by atoms with Crippen molar-refractivity contribution < 1.29 is 0 Å². The molecule has 4 aromatic carbocycles. The largest absolute Gasteiger partial charge is 0.268 e. The summed E-state index contributed by atoms with van der Waals surface area (Å²) in [6.45, 7) is 8.72. The lowest BCUT2D eigenvalue weighted by Crippen LogP contribution is -2.19. The van der Waals surface area contributed by atoms with Crippen LogP contribution in [0.4, 0.5) is 0 Å². The van der Waals surface area contributed by atoms with E-state index < -0.39 is 0 Å². The van der Waals surface area contributed by atoms with E-state index in [0.717, 1.165) is 52.6 Å². The molecule has 258 valence electrons. The van der Waals surface area contributed by atoms with E-state index in [0.29, 0.717) is 34.7 Å². The summed E-state index contributed by atoms with van der Waals surface area (Å²) in [7, 11) is 0. The van der Waals surface area contributed by atoms with Crippen molar-refractivity contribution in [2.75, 3.05) is 0 Å². The monoisotopic (exact) mass is 732 g/mol. The van der Waals surface area contributed by atoms with E-state index >= 15 is 0 Å². The lowest BCUT2D eigenvalue weighted by Gasteiger charge is -2.26. The quantitative estimate of drug-likeness (QED) is 0.126. The third kappa shape index (κ3) is 7.55. The Balaban J connectivity index is 1.33. The van der Waals surface area contributed by atoms with Crippen molar-refractivity contribution in [2.24, 2.45) is 0 Å². The summed E-state index contributed by atoms with van der Waals surface area (Å²) in [4.78, 5) is 0. The third-order valence-electron chi connectivity index (χ3n) is 9.58. The third-order valence-corrected chi connectivity index (χ3v) is 10.3. The predicted molar refractivity (Wildman–Crippen MR) is 210 cm³/mol. The molecule has 0 bridgehead atoms. The van der Waals surface area contributed by atoms with Gasteiger partial charge in [-0.15, -0.1) is 0 Å². The van der Waals surface area contributed by atoms with Gasteiger partial charge < -0.3 is 0 Å². The normalized spacial score (nSPS) is 11.4. The average Bonchev–Trinajstić information content (AvgIpc) is 3.91. The predicted octanol–water partition coefficient (Wildman–Crippen LogP) is 11.1. The first-order valence-corrected chi connectivity index (χ1v) is 18.5. The maximum Gasteiger partial charge on any atom is 0.0665 e. The van der Waals surface area contributed by atoms with Crippen molar-refractivity contribution in [3.8, 4) is 33.4 Å². The fraction of sp³-hybridized carbons (Fsp3) is 0.214. The van der Waals surface area contributed by atoms with Gasteiger partial charge in [0.25, 0.3) is 0 Å². The highest BCUT2D eigenvalue weighted by Gasteiger charge is 2.23. The molecule has 51 heavy (non-hydrogen) atoms. The van der Waals surface area contributed by atoms with Crippen LogP contribution < -0.4 is 0 Å². The van der Waals surface area contributed by atoms with Gasteiger partial charge in [0, 0.05) is 50.3 Å². The van der Waals surface area contributed by atoms with Crippen LogP contribution in [0.25, 0.3) is 33.4 Å². The standard InChI is InChI=1S/C42H39Cl3N6/c1-4-37-40(25-49-22-31(19-46-49)28-10-7-13-34(43)16-28)38(5-2)42(27-51-24-33(21-48-51)30-12-9-15-36(45)18-30)39(6-3)41(37)26-50-23-32(20-47-50)29-11-8-14-35(44)17-29/h7-24H,4-6,25-27H2,1-3H3. The summed E-state index contributed by atoms with van der Waals surface area (Å²) in [6.07, 6.45) is 14.8. The molecule has 7 rings (SSSR count). The zero-order valence-corrected chi connectivity index (χ0v) is 31.2.